The number of Topliss-reactive ketones (excluding diaryl/α,β-unsaturated/α-hetero) is 1. The van der Waals surface area contributed by atoms with E-state index in [2.05, 4.69) is 0 Å². The van der Waals surface area contributed by atoms with E-state index in [0.717, 1.165) is 27.2 Å². The van der Waals surface area contributed by atoms with Gasteiger partial charge in [0.05, 0.1) is 16.8 Å². The van der Waals surface area contributed by atoms with Gasteiger partial charge in [0.2, 0.25) is 11.8 Å². The van der Waals surface area contributed by atoms with Crippen LogP contribution in [0.15, 0.2) is 72.8 Å². The van der Waals surface area contributed by atoms with Crippen molar-refractivity contribution in [3.05, 3.63) is 111 Å². The van der Waals surface area contributed by atoms with Gasteiger partial charge < -0.3 is 4.74 Å². The van der Waals surface area contributed by atoms with Gasteiger partial charge in [0.1, 0.15) is 6.04 Å². The number of carbonyl (C=O) groups excluding carboxylic acids is 4. The maximum Gasteiger partial charge on any atom is 0.329 e. The first-order valence-corrected chi connectivity index (χ1v) is 13.7. The van der Waals surface area contributed by atoms with E-state index in [1.807, 2.05) is 62.4 Å². The van der Waals surface area contributed by atoms with Crippen molar-refractivity contribution in [1.29, 1.82) is 0 Å². The molecule has 208 valence electrons. The first-order valence-electron chi connectivity index (χ1n) is 13.7. The Morgan fingerprint density at radius 3 is 1.71 bits per heavy atom. The monoisotopic (exact) mass is 552 g/mol. The Bertz CT molecular complexity index is 1480. The van der Waals surface area contributed by atoms with Crippen molar-refractivity contribution >= 4 is 29.3 Å². The average Bonchev–Trinajstić information content (AvgIpc) is 3.24. The molecular weight excluding hydrogens is 524 g/mol. The number of ether oxygens (including phenoxy) is 1. The van der Waals surface area contributed by atoms with Gasteiger partial charge in [-0.3, -0.25) is 29.4 Å². The first kappa shape index (κ1) is 26.6. The molecule has 3 aliphatic carbocycles. The molecule has 1 aliphatic heterocycles. The molecule has 4 aliphatic rings. The van der Waals surface area contributed by atoms with Crippen LogP contribution in [0.25, 0.3) is 0 Å². The molecule has 0 spiro atoms. The highest BCUT2D eigenvalue weighted by molar-refractivity contribution is 6.10. The SMILES string of the molecule is CC(C)C[C@@H](C(=O)OCC(=O)c1ccc([N+](=O)[O-])cc1)N1C(=O)[C@@H]2C3c4ccccc4C(c4ccccc43)[C@@H]2C1=O. The minimum absolute atomic E-state index is 0.0488. The van der Waals surface area contributed by atoms with E-state index in [4.69, 9.17) is 4.74 Å². The molecule has 0 saturated carbocycles. The van der Waals surface area contributed by atoms with Crippen molar-refractivity contribution in [1.82, 2.24) is 4.90 Å². The molecule has 9 heteroatoms. The van der Waals surface area contributed by atoms with Crippen LogP contribution < -0.4 is 0 Å². The van der Waals surface area contributed by atoms with Crippen molar-refractivity contribution in [3.8, 4) is 0 Å². The van der Waals surface area contributed by atoms with Crippen LogP contribution in [0, 0.1) is 27.9 Å². The van der Waals surface area contributed by atoms with Crippen LogP contribution in [0.4, 0.5) is 5.69 Å². The van der Waals surface area contributed by atoms with Crippen molar-refractivity contribution in [2.75, 3.05) is 6.61 Å². The van der Waals surface area contributed by atoms with Gasteiger partial charge in [-0.05, 0) is 46.7 Å². The highest BCUT2D eigenvalue weighted by atomic mass is 16.6. The summed E-state index contributed by atoms with van der Waals surface area (Å²) in [4.78, 5) is 65.8. The lowest BCUT2D eigenvalue weighted by Gasteiger charge is -2.45. The number of benzene rings is 3. The summed E-state index contributed by atoms with van der Waals surface area (Å²) in [5.41, 5.74) is 4.14. The molecular formula is C32H28N2O7. The molecule has 3 aromatic carbocycles. The van der Waals surface area contributed by atoms with Gasteiger partial charge in [-0.15, -0.1) is 0 Å². The zero-order valence-electron chi connectivity index (χ0n) is 22.6. The molecule has 0 aromatic heterocycles. The predicted molar refractivity (Wildman–Crippen MR) is 147 cm³/mol. The number of likely N-dealkylation sites (tertiary alicyclic amines) is 1. The number of hydrogen-bond acceptors (Lipinski definition) is 7. The van der Waals surface area contributed by atoms with E-state index in [1.165, 1.54) is 24.3 Å². The van der Waals surface area contributed by atoms with Crippen LogP contribution in [-0.4, -0.2) is 46.0 Å². The molecule has 41 heavy (non-hydrogen) atoms. The normalized spacial score (nSPS) is 22.7. The molecule has 1 saturated heterocycles. The smallest absolute Gasteiger partial charge is 0.329 e. The highest BCUT2D eigenvalue weighted by Crippen LogP contribution is 2.61. The second kappa shape index (κ2) is 10.1. The Morgan fingerprint density at radius 2 is 1.29 bits per heavy atom. The molecule has 1 heterocycles. The molecule has 2 amide bonds. The summed E-state index contributed by atoms with van der Waals surface area (Å²) >= 11 is 0. The number of nitro groups is 1. The summed E-state index contributed by atoms with van der Waals surface area (Å²) in [5.74, 6) is -4.02. The van der Waals surface area contributed by atoms with Gasteiger partial charge in [0.25, 0.3) is 5.69 Å². The topological polar surface area (TPSA) is 124 Å². The van der Waals surface area contributed by atoms with E-state index in [9.17, 15) is 29.3 Å². The fourth-order valence-corrected chi connectivity index (χ4v) is 6.85. The van der Waals surface area contributed by atoms with Crippen LogP contribution >= 0.6 is 0 Å². The van der Waals surface area contributed by atoms with Gasteiger partial charge in [0, 0.05) is 29.5 Å². The first-order chi connectivity index (χ1) is 19.7. The molecule has 3 aromatic rings. The van der Waals surface area contributed by atoms with E-state index < -0.39 is 41.2 Å². The molecule has 7 rings (SSSR count). The Morgan fingerprint density at radius 1 is 0.829 bits per heavy atom. The minimum Gasteiger partial charge on any atom is -0.456 e. The molecule has 2 bridgehead atoms. The number of imide groups is 1. The number of amides is 2. The lowest BCUT2D eigenvalue weighted by molar-refractivity contribution is -0.384. The van der Waals surface area contributed by atoms with E-state index >= 15 is 0 Å². The van der Waals surface area contributed by atoms with Crippen LogP contribution in [0.1, 0.15) is 64.7 Å². The molecule has 9 nitrogen and oxygen atoms in total. The van der Waals surface area contributed by atoms with Gasteiger partial charge in [0.15, 0.2) is 12.4 Å². The van der Waals surface area contributed by atoms with E-state index in [1.54, 1.807) is 0 Å². The summed E-state index contributed by atoms with van der Waals surface area (Å²) in [7, 11) is 0. The zero-order valence-corrected chi connectivity index (χ0v) is 22.6. The minimum atomic E-state index is -1.17. The fourth-order valence-electron chi connectivity index (χ4n) is 6.85. The summed E-state index contributed by atoms with van der Waals surface area (Å²) < 4.78 is 5.39. The molecule has 0 unspecified atom stereocenters. The predicted octanol–water partition coefficient (Wildman–Crippen LogP) is 4.63. The third-order valence-corrected chi connectivity index (χ3v) is 8.51. The Hall–Kier alpha value is -4.66. The number of esters is 1. The van der Waals surface area contributed by atoms with Crippen LogP contribution in [-0.2, 0) is 19.1 Å². The second-order valence-corrected chi connectivity index (χ2v) is 11.3. The number of carbonyl (C=O) groups is 4. The fraction of sp³-hybridized carbons (Fsp3) is 0.312. The number of rotatable bonds is 8. The quantitative estimate of drug-likeness (QED) is 0.131. The summed E-state index contributed by atoms with van der Waals surface area (Å²) in [6.45, 7) is 3.15. The van der Waals surface area contributed by atoms with Crippen LogP contribution in [0.5, 0.6) is 0 Å². The van der Waals surface area contributed by atoms with Gasteiger partial charge in [-0.2, -0.15) is 0 Å². The second-order valence-electron chi connectivity index (χ2n) is 11.3. The van der Waals surface area contributed by atoms with Gasteiger partial charge >= 0.3 is 5.97 Å². The van der Waals surface area contributed by atoms with E-state index in [-0.39, 0.29) is 47.2 Å². The average molecular weight is 553 g/mol. The summed E-state index contributed by atoms with van der Waals surface area (Å²) in [6.07, 6.45) is 0.191. The van der Waals surface area contributed by atoms with E-state index in [0.29, 0.717) is 0 Å². The number of ketones is 1. The maximum atomic E-state index is 14.1. The largest absolute Gasteiger partial charge is 0.456 e. The molecule has 3 atom stereocenters. The Balaban J connectivity index is 1.28. The Kier molecular flexibility index (Phi) is 6.52. The standard InChI is InChI=1S/C32H28N2O7/c1-17(2)15-24(32(38)41-16-25(35)18-11-13-19(14-12-18)34(39)40)33-30(36)28-26-20-7-3-4-8-21(20)27(29(28)31(33)37)23-10-6-5-9-22(23)26/h3-14,17,24,26-29H,15-16H2,1-2H3/t24-,26?,27?,28-,29+/m0/s1. The van der Waals surface area contributed by atoms with Gasteiger partial charge in [-0.25, -0.2) is 4.79 Å². The lowest BCUT2D eigenvalue weighted by Crippen LogP contribution is -2.47. The third kappa shape index (κ3) is 4.23. The number of non-ortho nitro benzene ring substituents is 1. The maximum absolute atomic E-state index is 14.1. The molecule has 0 radical (unpaired) electrons. The molecule has 0 N–H and O–H groups in total. The number of hydrogen-bond donors (Lipinski definition) is 0. The van der Waals surface area contributed by atoms with Crippen molar-refractivity contribution in [2.45, 2.75) is 38.1 Å². The van der Waals surface area contributed by atoms with Gasteiger partial charge in [-0.1, -0.05) is 62.4 Å². The number of nitro benzene ring substituents is 1. The Labute approximate surface area is 236 Å². The number of nitrogens with zero attached hydrogens (tertiary/aromatic N) is 2. The van der Waals surface area contributed by atoms with Crippen LogP contribution in [0.2, 0.25) is 0 Å². The highest BCUT2D eigenvalue weighted by Gasteiger charge is 2.63. The van der Waals surface area contributed by atoms with Crippen LogP contribution in [0.3, 0.4) is 0 Å². The lowest BCUT2D eigenvalue weighted by atomic mass is 9.55. The van der Waals surface area contributed by atoms with Crippen molar-refractivity contribution in [2.24, 2.45) is 17.8 Å². The summed E-state index contributed by atoms with van der Waals surface area (Å²) in [6, 6.07) is 19.7. The van der Waals surface area contributed by atoms with Crippen molar-refractivity contribution < 1.29 is 28.8 Å². The zero-order chi connectivity index (χ0) is 29.0. The van der Waals surface area contributed by atoms with Crippen molar-refractivity contribution in [3.63, 3.8) is 0 Å². The summed E-state index contributed by atoms with van der Waals surface area (Å²) in [5, 5.41) is 10.9. The molecule has 1 fully saturated rings. The third-order valence-electron chi connectivity index (χ3n) is 8.51.